The predicted octanol–water partition coefficient (Wildman–Crippen LogP) is 3.36. The summed E-state index contributed by atoms with van der Waals surface area (Å²) < 4.78 is 0.936. The number of carbonyl (C=O) groups excluding carboxylic acids is 1. The van der Waals surface area contributed by atoms with Crippen molar-refractivity contribution in [2.45, 2.75) is 0 Å². The molecule has 8 heteroatoms. The zero-order chi connectivity index (χ0) is 16.5. The molecule has 0 spiro atoms. The highest BCUT2D eigenvalue weighted by molar-refractivity contribution is 9.10. The molecule has 118 valence electrons. The number of aromatic amines is 2. The first kappa shape index (κ1) is 14.6. The van der Waals surface area contributed by atoms with Gasteiger partial charge >= 0.3 is 0 Å². The van der Waals surface area contributed by atoms with Crippen molar-refractivity contribution >= 4 is 38.6 Å². The second kappa shape index (κ2) is 5.89. The molecule has 0 saturated carbocycles. The van der Waals surface area contributed by atoms with Crippen molar-refractivity contribution in [2.24, 2.45) is 0 Å². The van der Waals surface area contributed by atoms with Gasteiger partial charge in [0.1, 0.15) is 5.69 Å². The van der Waals surface area contributed by atoms with Gasteiger partial charge in [0.05, 0.1) is 11.2 Å². The molecule has 0 atom stereocenters. The van der Waals surface area contributed by atoms with E-state index in [1.165, 1.54) is 0 Å². The Morgan fingerprint density at radius 2 is 2.04 bits per heavy atom. The van der Waals surface area contributed by atoms with Crippen molar-refractivity contribution < 1.29 is 4.79 Å². The first-order valence-corrected chi connectivity index (χ1v) is 7.91. The molecule has 0 unspecified atom stereocenters. The number of hydrogen-bond donors (Lipinski definition) is 3. The Balaban J connectivity index is 1.59. The van der Waals surface area contributed by atoms with E-state index in [1.807, 2.05) is 30.3 Å². The molecule has 3 heterocycles. The van der Waals surface area contributed by atoms with Gasteiger partial charge in [0.25, 0.3) is 5.91 Å². The average Bonchev–Trinajstić information content (AvgIpc) is 3.23. The van der Waals surface area contributed by atoms with Gasteiger partial charge in [0.15, 0.2) is 5.82 Å². The highest BCUT2D eigenvalue weighted by Gasteiger charge is 2.14. The summed E-state index contributed by atoms with van der Waals surface area (Å²) >= 11 is 3.40. The monoisotopic (exact) mass is 382 g/mol. The summed E-state index contributed by atoms with van der Waals surface area (Å²) in [6.45, 7) is 0. The highest BCUT2D eigenvalue weighted by atomic mass is 79.9. The van der Waals surface area contributed by atoms with E-state index in [0.29, 0.717) is 17.2 Å². The molecule has 0 aliphatic heterocycles. The third kappa shape index (κ3) is 2.67. The molecule has 3 aromatic heterocycles. The Bertz CT molecular complexity index is 1020. The molecule has 3 N–H and O–H groups in total. The molecule has 1 aromatic carbocycles. The number of aromatic nitrogens is 5. The van der Waals surface area contributed by atoms with E-state index in [9.17, 15) is 4.79 Å². The second-order valence-corrected chi connectivity index (χ2v) is 6.04. The number of fused-ring (bicyclic) bond motifs is 1. The third-order valence-electron chi connectivity index (χ3n) is 3.54. The molecule has 7 nitrogen and oxygen atoms in total. The summed E-state index contributed by atoms with van der Waals surface area (Å²) in [6, 6.07) is 11.0. The molecule has 0 bridgehead atoms. The van der Waals surface area contributed by atoms with Crippen LogP contribution in [0.3, 0.4) is 0 Å². The van der Waals surface area contributed by atoms with Crippen molar-refractivity contribution in [3.05, 3.63) is 59.0 Å². The number of amides is 1. The maximum atomic E-state index is 12.4. The van der Waals surface area contributed by atoms with Gasteiger partial charge in [-0.25, -0.2) is 0 Å². The van der Waals surface area contributed by atoms with Crippen LogP contribution in [-0.4, -0.2) is 31.3 Å². The molecule has 4 aromatic rings. The molecule has 24 heavy (non-hydrogen) atoms. The summed E-state index contributed by atoms with van der Waals surface area (Å²) in [5.41, 5.74) is 2.68. The van der Waals surface area contributed by atoms with E-state index in [0.717, 1.165) is 20.9 Å². The van der Waals surface area contributed by atoms with E-state index in [1.54, 1.807) is 18.5 Å². The maximum Gasteiger partial charge on any atom is 0.274 e. The molecule has 0 aliphatic carbocycles. The molecule has 0 fully saturated rings. The molecule has 0 aliphatic rings. The van der Waals surface area contributed by atoms with E-state index < -0.39 is 0 Å². The first-order chi connectivity index (χ1) is 11.7. The topological polar surface area (TPSA) is 99.3 Å². The summed E-state index contributed by atoms with van der Waals surface area (Å²) in [6.07, 6.45) is 3.38. The number of halogens is 1. The minimum atomic E-state index is -0.311. The van der Waals surface area contributed by atoms with Gasteiger partial charge < -0.3 is 5.32 Å². The van der Waals surface area contributed by atoms with Crippen LogP contribution in [0.4, 0.5) is 5.82 Å². The van der Waals surface area contributed by atoms with Crippen LogP contribution in [-0.2, 0) is 0 Å². The number of H-pyrrole nitrogens is 2. The molecular formula is C16H11BrN6O. The Kier molecular flexibility index (Phi) is 3.58. The number of nitrogens with one attached hydrogen (secondary N) is 3. The third-order valence-corrected chi connectivity index (χ3v) is 4.03. The minimum Gasteiger partial charge on any atom is -0.303 e. The van der Waals surface area contributed by atoms with Crippen molar-refractivity contribution in [2.75, 3.05) is 5.32 Å². The Morgan fingerprint density at radius 1 is 1.12 bits per heavy atom. The fraction of sp³-hybridized carbons (Fsp3) is 0. The first-order valence-electron chi connectivity index (χ1n) is 7.11. The highest BCUT2D eigenvalue weighted by Crippen LogP contribution is 2.24. The van der Waals surface area contributed by atoms with Crippen LogP contribution in [0.5, 0.6) is 0 Å². The van der Waals surface area contributed by atoms with Gasteiger partial charge in [0, 0.05) is 27.8 Å². The molecule has 4 rings (SSSR count). The van der Waals surface area contributed by atoms with Crippen LogP contribution < -0.4 is 5.32 Å². The van der Waals surface area contributed by atoms with Crippen LogP contribution in [0, 0.1) is 0 Å². The lowest BCUT2D eigenvalue weighted by Crippen LogP contribution is -2.12. The number of benzene rings is 1. The van der Waals surface area contributed by atoms with Gasteiger partial charge in [-0.1, -0.05) is 15.9 Å². The molecular weight excluding hydrogens is 372 g/mol. The lowest BCUT2D eigenvalue weighted by Gasteiger charge is -1.99. The predicted molar refractivity (Wildman–Crippen MR) is 93.6 cm³/mol. The van der Waals surface area contributed by atoms with Crippen molar-refractivity contribution in [3.63, 3.8) is 0 Å². The summed E-state index contributed by atoms with van der Waals surface area (Å²) in [5, 5.41) is 17.5. The lowest BCUT2D eigenvalue weighted by molar-refractivity contribution is 0.102. The quantitative estimate of drug-likeness (QED) is 0.505. The second-order valence-electron chi connectivity index (χ2n) is 5.12. The van der Waals surface area contributed by atoms with Crippen LogP contribution in [0.15, 0.2) is 53.3 Å². The SMILES string of the molecule is O=C(Nc1n[nH]c2cc(Br)ccc12)c1cc(-c2cccnc2)n[nH]1. The number of pyridine rings is 1. The molecule has 0 saturated heterocycles. The zero-order valence-electron chi connectivity index (χ0n) is 12.2. The number of hydrogen-bond acceptors (Lipinski definition) is 4. The van der Waals surface area contributed by atoms with Gasteiger partial charge in [-0.2, -0.15) is 10.2 Å². The van der Waals surface area contributed by atoms with Gasteiger partial charge in [0.2, 0.25) is 0 Å². The maximum absolute atomic E-state index is 12.4. The molecule has 1 amide bonds. The summed E-state index contributed by atoms with van der Waals surface area (Å²) in [7, 11) is 0. The Morgan fingerprint density at radius 3 is 2.88 bits per heavy atom. The lowest BCUT2D eigenvalue weighted by atomic mass is 10.2. The number of rotatable bonds is 3. The summed E-state index contributed by atoms with van der Waals surface area (Å²) in [4.78, 5) is 16.5. The fourth-order valence-corrected chi connectivity index (χ4v) is 2.72. The summed E-state index contributed by atoms with van der Waals surface area (Å²) in [5.74, 6) is 0.161. The number of nitrogens with zero attached hydrogens (tertiary/aromatic N) is 3. The van der Waals surface area contributed by atoms with Crippen LogP contribution in [0.25, 0.3) is 22.2 Å². The average molecular weight is 383 g/mol. The van der Waals surface area contributed by atoms with E-state index in [4.69, 9.17) is 0 Å². The standard InChI is InChI=1S/C16H11BrN6O/c17-10-3-4-11-13(6-10)21-23-15(11)19-16(24)14-7-12(20-22-14)9-2-1-5-18-8-9/h1-8H,(H,20,22)(H2,19,21,23,24). The number of carbonyl (C=O) groups is 1. The zero-order valence-corrected chi connectivity index (χ0v) is 13.8. The van der Waals surface area contributed by atoms with E-state index >= 15 is 0 Å². The van der Waals surface area contributed by atoms with Crippen LogP contribution in [0.2, 0.25) is 0 Å². The van der Waals surface area contributed by atoms with Gasteiger partial charge in [-0.05, 0) is 36.4 Å². The minimum absolute atomic E-state index is 0.311. The van der Waals surface area contributed by atoms with Crippen LogP contribution in [0.1, 0.15) is 10.5 Å². The smallest absolute Gasteiger partial charge is 0.274 e. The largest absolute Gasteiger partial charge is 0.303 e. The normalized spacial score (nSPS) is 10.9. The van der Waals surface area contributed by atoms with Crippen molar-refractivity contribution in [1.29, 1.82) is 0 Å². The number of anilines is 1. The van der Waals surface area contributed by atoms with Gasteiger partial charge in [-0.15, -0.1) is 0 Å². The Labute approximate surface area is 144 Å². The molecule has 0 radical (unpaired) electrons. The van der Waals surface area contributed by atoms with E-state index in [2.05, 4.69) is 46.6 Å². The van der Waals surface area contributed by atoms with Crippen molar-refractivity contribution in [1.82, 2.24) is 25.4 Å². The van der Waals surface area contributed by atoms with Gasteiger partial charge in [-0.3, -0.25) is 20.0 Å². The van der Waals surface area contributed by atoms with E-state index in [-0.39, 0.29) is 5.91 Å². The fourth-order valence-electron chi connectivity index (χ4n) is 2.36. The van der Waals surface area contributed by atoms with Crippen LogP contribution >= 0.6 is 15.9 Å². The Hall–Kier alpha value is -3.00. The van der Waals surface area contributed by atoms with Crippen molar-refractivity contribution in [3.8, 4) is 11.3 Å².